The van der Waals surface area contributed by atoms with Crippen LogP contribution < -0.4 is 5.32 Å². The number of benzene rings is 1. The Morgan fingerprint density at radius 1 is 1.37 bits per heavy atom. The van der Waals surface area contributed by atoms with Crippen molar-refractivity contribution in [3.05, 3.63) is 28.2 Å². The van der Waals surface area contributed by atoms with Crippen LogP contribution in [0, 0.1) is 0 Å². The molecule has 2 rings (SSSR count). The minimum atomic E-state index is -0.0469. The van der Waals surface area contributed by atoms with E-state index in [0.29, 0.717) is 21.8 Å². The summed E-state index contributed by atoms with van der Waals surface area (Å²) in [6.45, 7) is 2.94. The first-order valence-corrected chi connectivity index (χ1v) is 7.40. The van der Waals surface area contributed by atoms with E-state index in [-0.39, 0.29) is 6.03 Å². The normalized spacial score (nSPS) is 14.3. The van der Waals surface area contributed by atoms with Crippen LogP contribution in [0.5, 0.6) is 0 Å². The topological polar surface area (TPSA) is 32.3 Å². The molecule has 0 radical (unpaired) electrons. The van der Waals surface area contributed by atoms with Gasteiger partial charge < -0.3 is 10.2 Å². The summed E-state index contributed by atoms with van der Waals surface area (Å²) in [5.74, 6) is 0. The minimum absolute atomic E-state index is 0.0469. The summed E-state index contributed by atoms with van der Waals surface area (Å²) in [5, 5.41) is 3.82. The van der Waals surface area contributed by atoms with Crippen molar-refractivity contribution < 1.29 is 4.79 Å². The highest BCUT2D eigenvalue weighted by molar-refractivity contribution is 6.42. The molecular weight excluding hydrogens is 283 g/mol. The van der Waals surface area contributed by atoms with E-state index in [1.54, 1.807) is 18.2 Å². The van der Waals surface area contributed by atoms with Crippen molar-refractivity contribution in [3.63, 3.8) is 0 Å². The van der Waals surface area contributed by atoms with E-state index >= 15 is 0 Å². The van der Waals surface area contributed by atoms with E-state index in [1.807, 2.05) is 4.90 Å². The van der Waals surface area contributed by atoms with Gasteiger partial charge in [0.2, 0.25) is 0 Å². The molecule has 1 N–H and O–H groups in total. The van der Waals surface area contributed by atoms with Crippen molar-refractivity contribution >= 4 is 34.9 Å². The molecule has 104 valence electrons. The number of hydrogen-bond donors (Lipinski definition) is 1. The van der Waals surface area contributed by atoms with Crippen LogP contribution in [-0.4, -0.2) is 23.5 Å². The SMILES string of the molecule is CCCCN(C(=O)Nc1ccc(Cl)c(Cl)c1)C1CC1. The number of amides is 2. The molecule has 1 fully saturated rings. The van der Waals surface area contributed by atoms with Crippen LogP contribution in [-0.2, 0) is 0 Å². The van der Waals surface area contributed by atoms with Gasteiger partial charge in [-0.15, -0.1) is 0 Å². The number of anilines is 1. The zero-order chi connectivity index (χ0) is 13.8. The lowest BCUT2D eigenvalue weighted by molar-refractivity contribution is 0.208. The summed E-state index contributed by atoms with van der Waals surface area (Å²) in [5.41, 5.74) is 0.682. The predicted molar refractivity (Wildman–Crippen MR) is 80.1 cm³/mol. The van der Waals surface area contributed by atoms with Crippen LogP contribution >= 0.6 is 23.2 Å². The first-order valence-electron chi connectivity index (χ1n) is 6.64. The van der Waals surface area contributed by atoms with Crippen molar-refractivity contribution in [3.8, 4) is 0 Å². The molecular formula is C14H18Cl2N2O. The third-order valence-corrected chi connectivity index (χ3v) is 3.91. The van der Waals surface area contributed by atoms with Gasteiger partial charge >= 0.3 is 6.03 Å². The Kier molecular flexibility index (Phi) is 4.94. The molecule has 19 heavy (non-hydrogen) atoms. The summed E-state index contributed by atoms with van der Waals surface area (Å²) in [7, 11) is 0. The molecule has 2 amide bonds. The Bertz CT molecular complexity index is 461. The lowest BCUT2D eigenvalue weighted by atomic mass is 10.3. The van der Waals surface area contributed by atoms with Gasteiger partial charge in [-0.3, -0.25) is 0 Å². The van der Waals surface area contributed by atoms with E-state index in [9.17, 15) is 4.79 Å². The predicted octanol–water partition coefficient (Wildman–Crippen LogP) is 4.79. The van der Waals surface area contributed by atoms with Crippen LogP contribution in [0.25, 0.3) is 0 Å². The highest BCUT2D eigenvalue weighted by Crippen LogP contribution is 2.29. The van der Waals surface area contributed by atoms with E-state index < -0.39 is 0 Å². The molecule has 0 atom stereocenters. The molecule has 1 saturated carbocycles. The molecule has 1 aromatic rings. The fourth-order valence-electron chi connectivity index (χ4n) is 1.93. The van der Waals surface area contributed by atoms with Gasteiger partial charge in [0.05, 0.1) is 10.0 Å². The van der Waals surface area contributed by atoms with Crippen LogP contribution in [0.4, 0.5) is 10.5 Å². The standard InChI is InChI=1S/C14H18Cl2N2O/c1-2-3-8-18(11-5-6-11)14(19)17-10-4-7-12(15)13(16)9-10/h4,7,9,11H,2-3,5-6,8H2,1H3,(H,17,19). The van der Waals surface area contributed by atoms with E-state index in [1.165, 1.54) is 0 Å². The number of rotatable bonds is 5. The summed E-state index contributed by atoms with van der Waals surface area (Å²) in [6, 6.07) is 5.49. The Balaban J connectivity index is 1.99. The second-order valence-corrected chi connectivity index (χ2v) is 5.65. The fourth-order valence-corrected chi connectivity index (χ4v) is 2.23. The molecule has 0 unspecified atom stereocenters. The van der Waals surface area contributed by atoms with Gasteiger partial charge in [0, 0.05) is 18.3 Å². The maximum absolute atomic E-state index is 12.2. The van der Waals surface area contributed by atoms with Crippen molar-refractivity contribution in [1.82, 2.24) is 4.90 Å². The van der Waals surface area contributed by atoms with Crippen molar-refractivity contribution in [2.45, 2.75) is 38.6 Å². The fraction of sp³-hybridized carbons (Fsp3) is 0.500. The highest BCUT2D eigenvalue weighted by atomic mass is 35.5. The van der Waals surface area contributed by atoms with Gasteiger partial charge in [-0.1, -0.05) is 36.5 Å². The number of hydrogen-bond acceptors (Lipinski definition) is 1. The molecule has 1 aromatic carbocycles. The summed E-state index contributed by atoms with van der Waals surface area (Å²) in [6.07, 6.45) is 4.34. The smallest absolute Gasteiger partial charge is 0.322 e. The number of carbonyl (C=O) groups excluding carboxylic acids is 1. The molecule has 0 aliphatic heterocycles. The second-order valence-electron chi connectivity index (χ2n) is 4.84. The van der Waals surface area contributed by atoms with Gasteiger partial charge in [0.25, 0.3) is 0 Å². The molecule has 3 nitrogen and oxygen atoms in total. The van der Waals surface area contributed by atoms with E-state index in [4.69, 9.17) is 23.2 Å². The number of nitrogens with one attached hydrogen (secondary N) is 1. The van der Waals surface area contributed by atoms with Crippen LogP contribution in [0.15, 0.2) is 18.2 Å². The molecule has 1 aliphatic carbocycles. The van der Waals surface area contributed by atoms with E-state index in [2.05, 4.69) is 12.2 Å². The maximum atomic E-state index is 12.2. The van der Waals surface area contributed by atoms with Gasteiger partial charge in [-0.2, -0.15) is 0 Å². The van der Waals surface area contributed by atoms with Crippen LogP contribution in [0.2, 0.25) is 10.0 Å². The lowest BCUT2D eigenvalue weighted by Gasteiger charge is -2.22. The number of nitrogens with zero attached hydrogens (tertiary/aromatic N) is 1. The molecule has 0 saturated heterocycles. The van der Waals surface area contributed by atoms with Gasteiger partial charge in [-0.25, -0.2) is 4.79 Å². The van der Waals surface area contributed by atoms with Gasteiger partial charge in [0.15, 0.2) is 0 Å². The number of halogens is 2. The van der Waals surface area contributed by atoms with Crippen molar-refractivity contribution in [2.75, 3.05) is 11.9 Å². The molecule has 0 spiro atoms. The quantitative estimate of drug-likeness (QED) is 0.833. The Morgan fingerprint density at radius 2 is 2.11 bits per heavy atom. The molecule has 5 heteroatoms. The number of urea groups is 1. The second kappa shape index (κ2) is 6.49. The average Bonchev–Trinajstić information content (AvgIpc) is 3.19. The van der Waals surface area contributed by atoms with Gasteiger partial charge in [-0.05, 0) is 37.5 Å². The van der Waals surface area contributed by atoms with Crippen molar-refractivity contribution in [2.24, 2.45) is 0 Å². The molecule has 0 bridgehead atoms. The number of unbranched alkanes of at least 4 members (excludes halogenated alkanes) is 1. The van der Waals surface area contributed by atoms with Crippen LogP contribution in [0.3, 0.4) is 0 Å². The van der Waals surface area contributed by atoms with Crippen molar-refractivity contribution in [1.29, 1.82) is 0 Å². The highest BCUT2D eigenvalue weighted by Gasteiger charge is 2.32. The summed E-state index contributed by atoms with van der Waals surface area (Å²) in [4.78, 5) is 14.2. The molecule has 0 aromatic heterocycles. The average molecular weight is 301 g/mol. The maximum Gasteiger partial charge on any atom is 0.322 e. The molecule has 1 aliphatic rings. The zero-order valence-corrected chi connectivity index (χ0v) is 12.5. The minimum Gasteiger partial charge on any atom is -0.322 e. The third-order valence-electron chi connectivity index (χ3n) is 3.17. The summed E-state index contributed by atoms with van der Waals surface area (Å²) < 4.78 is 0. The first-order chi connectivity index (χ1) is 9.11. The first kappa shape index (κ1) is 14.5. The zero-order valence-electron chi connectivity index (χ0n) is 11.0. The summed E-state index contributed by atoms with van der Waals surface area (Å²) >= 11 is 11.8. The van der Waals surface area contributed by atoms with Gasteiger partial charge in [0.1, 0.15) is 0 Å². The molecule has 0 heterocycles. The van der Waals surface area contributed by atoms with Crippen LogP contribution in [0.1, 0.15) is 32.6 Å². The lowest BCUT2D eigenvalue weighted by Crippen LogP contribution is -2.37. The van der Waals surface area contributed by atoms with E-state index in [0.717, 1.165) is 32.2 Å². The largest absolute Gasteiger partial charge is 0.322 e. The Hall–Kier alpha value is -0.930. The number of carbonyl (C=O) groups is 1. The third kappa shape index (κ3) is 4.02. The monoisotopic (exact) mass is 300 g/mol. The Morgan fingerprint density at radius 3 is 2.68 bits per heavy atom. The Labute approximate surface area is 123 Å².